The van der Waals surface area contributed by atoms with Crippen LogP contribution in [-0.4, -0.2) is 23.6 Å². The van der Waals surface area contributed by atoms with E-state index in [1.54, 1.807) is 48.5 Å². The first-order chi connectivity index (χ1) is 28.8. The Bertz CT molecular complexity index is 2790. The molecule has 8 rings (SSSR count). The highest BCUT2D eigenvalue weighted by Gasteiger charge is 2.35. The zero-order valence-electron chi connectivity index (χ0n) is 34.7. The van der Waals surface area contributed by atoms with E-state index in [0.717, 1.165) is 32.7 Å². The number of hydrogen-bond acceptors (Lipinski definition) is 4. The first-order valence-electron chi connectivity index (χ1n) is 20.2. The maximum Gasteiger partial charge on any atom is 0.265 e. The summed E-state index contributed by atoms with van der Waals surface area (Å²) in [5, 5.41) is 4.16. The van der Waals surface area contributed by atoms with Crippen LogP contribution in [0.1, 0.15) is 94.1 Å². The summed E-state index contributed by atoms with van der Waals surface area (Å²) in [5.74, 6) is -2.02. The summed E-state index contributed by atoms with van der Waals surface area (Å²) in [6.45, 7) is 12.3. The Morgan fingerprint density at radius 1 is 0.317 bits per heavy atom. The quantitative estimate of drug-likeness (QED) is 0.157. The molecule has 0 heterocycles. The molecule has 0 bridgehead atoms. The third kappa shape index (κ3) is 7.15. The molecule has 0 N–H and O–H groups in total. The Morgan fingerprint density at radius 2 is 0.600 bits per heavy atom. The Kier molecular flexibility index (Phi) is 10.3. The lowest BCUT2D eigenvalue weighted by Gasteiger charge is -2.30. The van der Waals surface area contributed by atoms with Gasteiger partial charge in [0.05, 0.1) is 11.4 Å². The highest BCUT2D eigenvalue weighted by Crippen LogP contribution is 2.38. The molecule has 0 aliphatic heterocycles. The van der Waals surface area contributed by atoms with Gasteiger partial charge in [0, 0.05) is 22.3 Å². The van der Waals surface area contributed by atoms with Gasteiger partial charge in [-0.25, -0.2) is 9.80 Å². The molecule has 0 saturated carbocycles. The molecule has 4 amide bonds. The smallest absolute Gasteiger partial charge is 0.265 e. The van der Waals surface area contributed by atoms with Gasteiger partial charge < -0.3 is 0 Å². The molecule has 60 heavy (non-hydrogen) atoms. The number of amides is 4. The van der Waals surface area contributed by atoms with Gasteiger partial charge in [-0.05, 0) is 90.7 Å². The van der Waals surface area contributed by atoms with Crippen molar-refractivity contribution >= 4 is 67.3 Å². The van der Waals surface area contributed by atoms with Crippen LogP contribution in [0.4, 0.5) is 11.4 Å². The topological polar surface area (TPSA) is 74.8 Å². The van der Waals surface area contributed by atoms with E-state index >= 15 is 19.2 Å². The van der Waals surface area contributed by atoms with E-state index in [1.165, 1.54) is 9.80 Å². The summed E-state index contributed by atoms with van der Waals surface area (Å²) in [5.41, 5.74) is 3.01. The van der Waals surface area contributed by atoms with Gasteiger partial charge in [0.15, 0.2) is 0 Å². The third-order valence-corrected chi connectivity index (χ3v) is 11.1. The highest BCUT2D eigenvalue weighted by atomic mass is 16.2. The number of nitrogens with zero attached hydrogens (tertiary/aromatic N) is 2. The second kappa shape index (κ2) is 15.5. The number of anilines is 2. The van der Waals surface area contributed by atoms with Crippen molar-refractivity contribution in [2.45, 2.75) is 52.4 Å². The summed E-state index contributed by atoms with van der Waals surface area (Å²) in [7, 11) is 0. The fourth-order valence-electron chi connectivity index (χ4n) is 8.21. The summed E-state index contributed by atoms with van der Waals surface area (Å²) >= 11 is 0. The molecule has 0 aromatic heterocycles. The van der Waals surface area contributed by atoms with Crippen molar-refractivity contribution in [1.82, 2.24) is 0 Å². The average Bonchev–Trinajstić information content (AvgIpc) is 3.25. The lowest BCUT2D eigenvalue weighted by atomic mass is 9.85. The standard InChI is InChI=1S/C54H46N2O4/c1-53(2,3)45-29-13-15-31-47(45)55(49(57)41-27-17-21-35-19-7-9-23-37(35)41)51(59)43-33-34-44(40-26-12-11-25-39(40)43)52(60)56(48-32-16-14-30-46(48)54(4,5)6)50(58)42-28-18-22-36-20-8-10-24-38(36)42/h7-34H,1-6H3. The van der Waals surface area contributed by atoms with E-state index in [1.807, 2.05) is 121 Å². The molecule has 296 valence electrons. The molecule has 0 fully saturated rings. The van der Waals surface area contributed by atoms with Crippen LogP contribution in [0.5, 0.6) is 0 Å². The van der Waals surface area contributed by atoms with E-state index in [0.29, 0.717) is 33.3 Å². The van der Waals surface area contributed by atoms with Crippen molar-refractivity contribution in [3.05, 3.63) is 203 Å². The predicted octanol–water partition coefficient (Wildman–Crippen LogP) is 12.7. The Hall–Kier alpha value is -7.18. The first kappa shape index (κ1) is 39.6. The molecule has 0 radical (unpaired) electrons. The molecular formula is C54H46N2O4. The average molecular weight is 787 g/mol. The maximum atomic E-state index is 15.4. The van der Waals surface area contributed by atoms with Gasteiger partial charge in [-0.1, -0.05) is 175 Å². The van der Waals surface area contributed by atoms with Gasteiger partial charge in [0.1, 0.15) is 0 Å². The maximum absolute atomic E-state index is 15.4. The lowest BCUT2D eigenvalue weighted by molar-refractivity contribution is 0.0881. The number of fused-ring (bicyclic) bond motifs is 3. The van der Waals surface area contributed by atoms with Crippen LogP contribution >= 0.6 is 0 Å². The van der Waals surface area contributed by atoms with E-state index in [4.69, 9.17) is 0 Å². The van der Waals surface area contributed by atoms with Crippen LogP contribution in [0.25, 0.3) is 32.3 Å². The number of hydrogen-bond donors (Lipinski definition) is 0. The number of carbonyl (C=O) groups is 4. The van der Waals surface area contributed by atoms with Crippen molar-refractivity contribution in [3.63, 3.8) is 0 Å². The highest BCUT2D eigenvalue weighted by molar-refractivity contribution is 6.33. The van der Waals surface area contributed by atoms with Crippen molar-refractivity contribution in [1.29, 1.82) is 0 Å². The second-order valence-electron chi connectivity index (χ2n) is 17.2. The van der Waals surface area contributed by atoms with Crippen molar-refractivity contribution < 1.29 is 19.2 Å². The van der Waals surface area contributed by atoms with Gasteiger partial charge in [-0.15, -0.1) is 0 Å². The summed E-state index contributed by atoms with van der Waals surface area (Å²) in [4.78, 5) is 63.3. The number of para-hydroxylation sites is 2. The minimum absolute atomic E-state index is 0.237. The van der Waals surface area contributed by atoms with Crippen LogP contribution in [-0.2, 0) is 10.8 Å². The van der Waals surface area contributed by atoms with Gasteiger partial charge >= 0.3 is 0 Å². The summed E-state index contributed by atoms with van der Waals surface area (Å²) < 4.78 is 0. The van der Waals surface area contributed by atoms with Gasteiger partial charge in [0.25, 0.3) is 23.6 Å². The monoisotopic (exact) mass is 786 g/mol. The fourth-order valence-corrected chi connectivity index (χ4v) is 8.21. The summed E-state index contributed by atoms with van der Waals surface area (Å²) in [6.07, 6.45) is 0. The molecular weight excluding hydrogens is 741 g/mol. The predicted molar refractivity (Wildman–Crippen MR) is 244 cm³/mol. The molecule has 8 aromatic rings. The van der Waals surface area contributed by atoms with Crippen LogP contribution in [0.2, 0.25) is 0 Å². The molecule has 0 unspecified atom stereocenters. The molecule has 6 nitrogen and oxygen atoms in total. The van der Waals surface area contributed by atoms with Crippen molar-refractivity contribution in [2.24, 2.45) is 0 Å². The van der Waals surface area contributed by atoms with E-state index in [9.17, 15) is 0 Å². The molecule has 0 aliphatic rings. The Morgan fingerprint density at radius 3 is 0.967 bits per heavy atom. The minimum Gasteiger partial charge on any atom is -0.268 e. The third-order valence-electron chi connectivity index (χ3n) is 11.1. The molecule has 6 heteroatoms. The fraction of sp³-hybridized carbons (Fsp3) is 0.148. The van der Waals surface area contributed by atoms with E-state index < -0.39 is 34.5 Å². The summed E-state index contributed by atoms with van der Waals surface area (Å²) in [6, 6.07) is 51.7. The van der Waals surface area contributed by atoms with Crippen LogP contribution in [0.15, 0.2) is 170 Å². The van der Waals surface area contributed by atoms with E-state index in [2.05, 4.69) is 41.5 Å². The first-order valence-corrected chi connectivity index (χ1v) is 20.2. The van der Waals surface area contributed by atoms with Crippen LogP contribution in [0, 0.1) is 0 Å². The molecule has 0 spiro atoms. The minimum atomic E-state index is -0.540. The molecule has 0 saturated heterocycles. The van der Waals surface area contributed by atoms with Crippen molar-refractivity contribution in [3.8, 4) is 0 Å². The zero-order valence-corrected chi connectivity index (χ0v) is 34.7. The van der Waals surface area contributed by atoms with Crippen molar-refractivity contribution in [2.75, 3.05) is 9.80 Å². The largest absolute Gasteiger partial charge is 0.268 e. The van der Waals surface area contributed by atoms with Gasteiger partial charge in [-0.2, -0.15) is 0 Å². The normalized spacial score (nSPS) is 11.8. The second-order valence-corrected chi connectivity index (χ2v) is 17.2. The molecule has 0 aliphatic carbocycles. The van der Waals surface area contributed by atoms with Crippen LogP contribution < -0.4 is 9.80 Å². The SMILES string of the molecule is CC(C)(C)c1ccccc1N(C(=O)c1cccc2ccccc12)C(=O)c1ccc(C(=O)N(C(=O)c2cccc3ccccc23)c2ccccc2C(C)(C)C)c2ccccc12. The Labute approximate surface area is 350 Å². The molecule has 0 atom stereocenters. The molecule has 8 aromatic carbocycles. The van der Waals surface area contributed by atoms with Crippen LogP contribution in [0.3, 0.4) is 0 Å². The number of rotatable bonds is 6. The lowest BCUT2D eigenvalue weighted by Crippen LogP contribution is -2.40. The van der Waals surface area contributed by atoms with Gasteiger partial charge in [-0.3, -0.25) is 19.2 Å². The Balaban J connectivity index is 1.31. The number of imide groups is 2. The van der Waals surface area contributed by atoms with Gasteiger partial charge in [0.2, 0.25) is 0 Å². The number of benzene rings is 8. The number of carbonyl (C=O) groups excluding carboxylic acids is 4. The van der Waals surface area contributed by atoms with E-state index in [-0.39, 0.29) is 11.1 Å². The zero-order chi connectivity index (χ0) is 42.3.